The number of amides is 2. The van der Waals surface area contributed by atoms with Gasteiger partial charge in [-0.3, -0.25) is 9.59 Å². The third kappa shape index (κ3) is 4.68. The van der Waals surface area contributed by atoms with Gasteiger partial charge in [0.15, 0.2) is 0 Å². The zero-order valence-electron chi connectivity index (χ0n) is 14.6. The molecule has 0 saturated carbocycles. The van der Waals surface area contributed by atoms with Crippen LogP contribution in [0.1, 0.15) is 12.0 Å². The summed E-state index contributed by atoms with van der Waals surface area (Å²) >= 11 is 0. The molecule has 2 unspecified atom stereocenters. The summed E-state index contributed by atoms with van der Waals surface area (Å²) in [7, 11) is 0. The molecular formula is C20H24N4O2. The molecule has 6 nitrogen and oxygen atoms in total. The molecule has 0 bridgehead atoms. The number of carbonyl (C=O) groups excluding carboxylic acids is 2. The molecule has 1 aliphatic heterocycles. The summed E-state index contributed by atoms with van der Waals surface area (Å²) in [6.07, 6.45) is 0.574. The number of rotatable bonds is 6. The highest BCUT2D eigenvalue weighted by Gasteiger charge is 2.29. The minimum atomic E-state index is -0.290. The van der Waals surface area contributed by atoms with Gasteiger partial charge in [0.25, 0.3) is 0 Å². The molecule has 2 aromatic carbocycles. The lowest BCUT2D eigenvalue weighted by Gasteiger charge is -2.12. The van der Waals surface area contributed by atoms with Crippen LogP contribution in [0.2, 0.25) is 0 Å². The molecule has 2 aromatic rings. The van der Waals surface area contributed by atoms with Crippen LogP contribution in [-0.2, 0) is 16.1 Å². The highest BCUT2D eigenvalue weighted by Crippen LogP contribution is 2.19. The summed E-state index contributed by atoms with van der Waals surface area (Å²) in [4.78, 5) is 23.6. The van der Waals surface area contributed by atoms with E-state index in [0.29, 0.717) is 19.5 Å². The van der Waals surface area contributed by atoms with Gasteiger partial charge in [-0.15, -0.1) is 0 Å². The van der Waals surface area contributed by atoms with E-state index in [9.17, 15) is 9.59 Å². The SMILES string of the molecule is NCC(=O)NC1CNC(C(=O)NCc2ccc(-c3ccccc3)cc2)C1. The molecule has 6 heteroatoms. The Balaban J connectivity index is 1.48. The van der Waals surface area contributed by atoms with Gasteiger partial charge in [-0.25, -0.2) is 0 Å². The van der Waals surface area contributed by atoms with Gasteiger partial charge in [0.2, 0.25) is 11.8 Å². The normalized spacial score (nSPS) is 19.1. The topological polar surface area (TPSA) is 96.2 Å². The summed E-state index contributed by atoms with van der Waals surface area (Å²) in [5, 5.41) is 8.89. The second-order valence-corrected chi connectivity index (χ2v) is 6.45. The maximum atomic E-state index is 12.3. The van der Waals surface area contributed by atoms with Crippen molar-refractivity contribution in [2.45, 2.75) is 25.0 Å². The smallest absolute Gasteiger partial charge is 0.237 e. The highest BCUT2D eigenvalue weighted by molar-refractivity contribution is 5.83. The maximum absolute atomic E-state index is 12.3. The first-order chi connectivity index (χ1) is 12.7. The van der Waals surface area contributed by atoms with Gasteiger partial charge >= 0.3 is 0 Å². The summed E-state index contributed by atoms with van der Waals surface area (Å²) in [6.45, 7) is 1.02. The Morgan fingerprint density at radius 1 is 1.04 bits per heavy atom. The maximum Gasteiger partial charge on any atom is 0.237 e. The second kappa shape index (κ2) is 8.60. The first kappa shape index (κ1) is 18.1. The highest BCUT2D eigenvalue weighted by atomic mass is 16.2. The van der Waals surface area contributed by atoms with E-state index in [1.54, 1.807) is 0 Å². The van der Waals surface area contributed by atoms with Gasteiger partial charge in [-0.1, -0.05) is 54.6 Å². The second-order valence-electron chi connectivity index (χ2n) is 6.45. The number of hydrogen-bond donors (Lipinski definition) is 4. The van der Waals surface area contributed by atoms with Crippen LogP contribution in [0.15, 0.2) is 54.6 Å². The largest absolute Gasteiger partial charge is 0.351 e. The molecule has 0 aliphatic carbocycles. The Bertz CT molecular complexity index is 746. The molecule has 1 aliphatic rings. The molecule has 0 spiro atoms. The van der Waals surface area contributed by atoms with Gasteiger partial charge in [-0.2, -0.15) is 0 Å². The van der Waals surface area contributed by atoms with Crippen molar-refractivity contribution in [1.82, 2.24) is 16.0 Å². The Morgan fingerprint density at radius 2 is 1.73 bits per heavy atom. The van der Waals surface area contributed by atoms with Crippen LogP contribution in [0.4, 0.5) is 0 Å². The molecule has 1 fully saturated rings. The Kier molecular flexibility index (Phi) is 5.99. The van der Waals surface area contributed by atoms with Gasteiger partial charge < -0.3 is 21.7 Å². The molecule has 3 rings (SSSR count). The third-order valence-corrected chi connectivity index (χ3v) is 4.53. The van der Waals surface area contributed by atoms with Crippen molar-refractivity contribution in [2.24, 2.45) is 5.73 Å². The van der Waals surface area contributed by atoms with E-state index in [2.05, 4.69) is 40.2 Å². The average Bonchev–Trinajstić information content (AvgIpc) is 3.15. The summed E-state index contributed by atoms with van der Waals surface area (Å²) in [5.74, 6) is -0.252. The van der Waals surface area contributed by atoms with Crippen LogP contribution >= 0.6 is 0 Å². The van der Waals surface area contributed by atoms with Crippen molar-refractivity contribution >= 4 is 11.8 Å². The first-order valence-electron chi connectivity index (χ1n) is 8.80. The number of nitrogens with one attached hydrogen (secondary N) is 3. The van der Waals surface area contributed by atoms with Crippen LogP contribution in [0.25, 0.3) is 11.1 Å². The zero-order valence-corrected chi connectivity index (χ0v) is 14.6. The van der Waals surface area contributed by atoms with E-state index in [1.807, 2.05) is 30.3 Å². The van der Waals surface area contributed by atoms with Crippen molar-refractivity contribution < 1.29 is 9.59 Å². The summed E-state index contributed by atoms with van der Waals surface area (Å²) in [5.41, 5.74) is 8.66. The van der Waals surface area contributed by atoms with Crippen molar-refractivity contribution in [1.29, 1.82) is 0 Å². The fourth-order valence-electron chi connectivity index (χ4n) is 3.09. The predicted octanol–water partition coefficient (Wildman–Crippen LogP) is 0.775. The molecule has 2 amide bonds. The number of benzene rings is 2. The fourth-order valence-corrected chi connectivity index (χ4v) is 3.09. The van der Waals surface area contributed by atoms with Crippen molar-refractivity contribution in [3.8, 4) is 11.1 Å². The van der Waals surface area contributed by atoms with Gasteiger partial charge in [0, 0.05) is 19.1 Å². The molecule has 0 aromatic heterocycles. The lowest BCUT2D eigenvalue weighted by atomic mass is 10.0. The van der Waals surface area contributed by atoms with Gasteiger partial charge in [0.05, 0.1) is 12.6 Å². The zero-order chi connectivity index (χ0) is 18.4. The Morgan fingerprint density at radius 3 is 2.42 bits per heavy atom. The number of carbonyl (C=O) groups is 2. The van der Waals surface area contributed by atoms with Crippen LogP contribution in [0.5, 0.6) is 0 Å². The van der Waals surface area contributed by atoms with Crippen molar-refractivity contribution in [3.63, 3.8) is 0 Å². The molecular weight excluding hydrogens is 328 g/mol. The van der Waals surface area contributed by atoms with Gasteiger partial charge in [-0.05, 0) is 23.1 Å². The number of hydrogen-bond acceptors (Lipinski definition) is 4. The van der Waals surface area contributed by atoms with Crippen LogP contribution in [0, 0.1) is 0 Å². The van der Waals surface area contributed by atoms with Crippen molar-refractivity contribution in [2.75, 3.05) is 13.1 Å². The van der Waals surface area contributed by atoms with E-state index in [4.69, 9.17) is 5.73 Å². The molecule has 0 radical (unpaired) electrons. The Labute approximate surface area is 153 Å². The third-order valence-electron chi connectivity index (χ3n) is 4.53. The monoisotopic (exact) mass is 352 g/mol. The molecule has 1 saturated heterocycles. The molecule has 1 heterocycles. The van der Waals surface area contributed by atoms with E-state index in [0.717, 1.165) is 11.1 Å². The number of nitrogens with two attached hydrogens (primary N) is 1. The summed E-state index contributed by atoms with van der Waals surface area (Å²) in [6, 6.07) is 18.0. The molecule has 5 N–H and O–H groups in total. The van der Waals surface area contributed by atoms with Gasteiger partial charge in [0.1, 0.15) is 0 Å². The standard InChI is InChI=1S/C20H24N4O2/c21-11-19(25)24-17-10-18(22-13-17)20(26)23-12-14-6-8-16(9-7-14)15-4-2-1-3-5-15/h1-9,17-18,22H,10-13,21H2,(H,23,26)(H,24,25). The molecule has 2 atom stereocenters. The van der Waals surface area contributed by atoms with E-state index in [1.165, 1.54) is 5.56 Å². The van der Waals surface area contributed by atoms with Crippen LogP contribution in [0.3, 0.4) is 0 Å². The lowest BCUT2D eigenvalue weighted by molar-refractivity contribution is -0.123. The van der Waals surface area contributed by atoms with Crippen LogP contribution in [-0.4, -0.2) is 37.0 Å². The first-order valence-corrected chi connectivity index (χ1v) is 8.80. The predicted molar refractivity (Wildman–Crippen MR) is 101 cm³/mol. The molecule has 26 heavy (non-hydrogen) atoms. The van der Waals surface area contributed by atoms with Crippen molar-refractivity contribution in [3.05, 3.63) is 60.2 Å². The summed E-state index contributed by atoms with van der Waals surface area (Å²) < 4.78 is 0. The van der Waals surface area contributed by atoms with E-state index < -0.39 is 0 Å². The minimum Gasteiger partial charge on any atom is -0.351 e. The minimum absolute atomic E-state index is 0.0354. The van der Waals surface area contributed by atoms with E-state index in [-0.39, 0.29) is 30.4 Å². The quantitative estimate of drug-likeness (QED) is 0.618. The van der Waals surface area contributed by atoms with E-state index >= 15 is 0 Å². The van der Waals surface area contributed by atoms with Crippen LogP contribution < -0.4 is 21.7 Å². The average molecular weight is 352 g/mol. The lowest BCUT2D eigenvalue weighted by Crippen LogP contribution is -2.40. The fraction of sp³-hybridized carbons (Fsp3) is 0.300. The molecule has 136 valence electrons. The Hall–Kier alpha value is -2.70.